The fraction of sp³-hybridized carbons (Fsp3) is 0.556. The molecule has 116 valence electrons. The van der Waals surface area contributed by atoms with Gasteiger partial charge in [0, 0.05) is 24.3 Å². The van der Waals surface area contributed by atoms with E-state index in [9.17, 15) is 2.74 Å². The SMILES string of the molecule is [2H]OC1C=C[C@H]2[C@@]3([2H])Cc4c([2H])c([2H])c(OC)c5c4[C@@]2(CCN3C)C1([2H])O5. The highest BCUT2D eigenvalue weighted by Crippen LogP contribution is 2.62. The van der Waals surface area contributed by atoms with Gasteiger partial charge in [-0.25, -0.2) is 0 Å². The highest BCUT2D eigenvalue weighted by molar-refractivity contribution is 5.62. The molecule has 4 heteroatoms. The minimum atomic E-state index is -1.65. The van der Waals surface area contributed by atoms with E-state index in [4.69, 9.17) is 18.8 Å². The van der Waals surface area contributed by atoms with Crippen molar-refractivity contribution in [2.45, 2.75) is 36.5 Å². The molecule has 4 aliphatic rings. The fourth-order valence-electron chi connectivity index (χ4n) is 4.71. The largest absolute Gasteiger partial charge is 0.493 e. The number of hydrogen-bond donors (Lipinski definition) is 1. The molecular weight excluding hydrogens is 278 g/mol. The van der Waals surface area contributed by atoms with Crippen LogP contribution >= 0.6 is 0 Å². The minimum absolute atomic E-state index is 0.0288. The van der Waals surface area contributed by atoms with Crippen molar-refractivity contribution < 1.29 is 20.1 Å². The summed E-state index contributed by atoms with van der Waals surface area (Å²) in [5.74, 6) is 0.112. The highest BCUT2D eigenvalue weighted by Gasteiger charge is 2.64. The molecule has 2 unspecified atom stereocenters. The summed E-state index contributed by atoms with van der Waals surface area (Å²) in [6.45, 7) is 0.597. The van der Waals surface area contributed by atoms with E-state index in [0.717, 1.165) is 0 Å². The normalized spacial score (nSPS) is 50.9. The van der Waals surface area contributed by atoms with Crippen LogP contribution in [0.15, 0.2) is 24.2 Å². The Morgan fingerprint density at radius 1 is 1.55 bits per heavy atom. The second kappa shape index (κ2) is 4.06. The van der Waals surface area contributed by atoms with Gasteiger partial charge in [0.05, 0.1) is 11.2 Å². The first kappa shape index (κ1) is 8.94. The molecule has 0 amide bonds. The Balaban J connectivity index is 1.93. The number of benzene rings is 1. The predicted octanol–water partition coefficient (Wildman–Crippen LogP) is 1.50. The van der Waals surface area contributed by atoms with Crippen LogP contribution in [0.4, 0.5) is 0 Å². The lowest BCUT2D eigenvalue weighted by molar-refractivity contribution is -0.0453. The van der Waals surface area contributed by atoms with E-state index in [-0.39, 0.29) is 30.2 Å². The van der Waals surface area contributed by atoms with E-state index in [1.807, 2.05) is 18.0 Å². The molecule has 22 heavy (non-hydrogen) atoms. The molecule has 0 aromatic heterocycles. The standard InChI is InChI=1S/C18H21NO3/c1-19-8-7-18-11-4-5-13(20)17(18)22-16-14(21-2)6-3-10(15(16)18)9-12(11)19/h3-6,11-13,17,20H,7-9H2,1-2H3/t11-,12+,13?,17?,18-/m0/s1/i3D,6D,12D,17D,20D. The van der Waals surface area contributed by atoms with Crippen LogP contribution in [0, 0.1) is 5.92 Å². The summed E-state index contributed by atoms with van der Waals surface area (Å²) in [4.78, 5) is 1.96. The Morgan fingerprint density at radius 2 is 2.45 bits per heavy atom. The van der Waals surface area contributed by atoms with Gasteiger partial charge in [0.15, 0.2) is 11.5 Å². The van der Waals surface area contributed by atoms with Crippen molar-refractivity contribution in [1.82, 2.24) is 4.90 Å². The van der Waals surface area contributed by atoms with Crippen LogP contribution in [0.2, 0.25) is 0 Å². The van der Waals surface area contributed by atoms with Crippen molar-refractivity contribution in [2.24, 2.45) is 5.92 Å². The van der Waals surface area contributed by atoms with Gasteiger partial charge in [-0.15, -0.1) is 0 Å². The topological polar surface area (TPSA) is 41.9 Å². The lowest BCUT2D eigenvalue weighted by atomic mass is 9.53. The first-order valence-electron chi connectivity index (χ1n) is 10.1. The van der Waals surface area contributed by atoms with E-state index in [1.54, 1.807) is 6.08 Å². The molecule has 2 heterocycles. The highest BCUT2D eigenvalue weighted by atomic mass is 16.5. The Hall–Kier alpha value is -1.52. The van der Waals surface area contributed by atoms with Gasteiger partial charge in [0.25, 0.3) is 0 Å². The number of hydrogen-bond acceptors (Lipinski definition) is 4. The zero-order valence-corrected chi connectivity index (χ0v) is 12.6. The third-order valence-electron chi connectivity index (χ3n) is 5.68. The Labute approximate surface area is 137 Å². The van der Waals surface area contributed by atoms with Gasteiger partial charge in [-0.05, 0) is 38.0 Å². The molecule has 2 aliphatic heterocycles. The smallest absolute Gasteiger partial charge is 0.211 e. The Bertz CT molecular complexity index is 894. The molecule has 5 atom stereocenters. The van der Waals surface area contributed by atoms with Crippen molar-refractivity contribution in [1.29, 1.82) is 1.43 Å². The van der Waals surface area contributed by atoms with Crippen LogP contribution in [0.25, 0.3) is 0 Å². The molecule has 5 rings (SSSR count). The number of ether oxygens (including phenoxy) is 2. The average Bonchev–Trinajstić information content (AvgIpc) is 2.90. The maximum Gasteiger partial charge on any atom is 0.211 e. The van der Waals surface area contributed by atoms with E-state index >= 15 is 0 Å². The van der Waals surface area contributed by atoms with E-state index in [2.05, 4.69) is 0 Å². The molecule has 1 fully saturated rings. The van der Waals surface area contributed by atoms with Crippen LogP contribution in [0.1, 0.15) is 23.0 Å². The molecule has 1 spiro atoms. The van der Waals surface area contributed by atoms with Crippen LogP contribution in [-0.2, 0) is 11.8 Å². The van der Waals surface area contributed by atoms with Crippen LogP contribution in [0.5, 0.6) is 11.5 Å². The Morgan fingerprint density at radius 3 is 3.27 bits per heavy atom. The Kier molecular flexibility index (Phi) is 1.65. The number of methoxy groups -OCH3 is 1. The van der Waals surface area contributed by atoms with Crippen molar-refractivity contribution >= 4 is 0 Å². The summed E-state index contributed by atoms with van der Waals surface area (Å²) >= 11 is 0. The molecule has 0 saturated carbocycles. The number of nitrogens with zero attached hydrogens (tertiary/aromatic N) is 1. The van der Waals surface area contributed by atoms with Gasteiger partial charge in [-0.3, -0.25) is 0 Å². The van der Waals surface area contributed by atoms with Crippen molar-refractivity contribution in [3.8, 4) is 11.5 Å². The monoisotopic (exact) mass is 304 g/mol. The van der Waals surface area contributed by atoms with Gasteiger partial charge in [-0.2, -0.15) is 0 Å². The molecular formula is C18H21NO3. The maximum absolute atomic E-state index is 9.28. The van der Waals surface area contributed by atoms with Crippen LogP contribution in [0.3, 0.4) is 0 Å². The lowest BCUT2D eigenvalue weighted by Crippen LogP contribution is -2.64. The summed E-state index contributed by atoms with van der Waals surface area (Å²) < 4.78 is 54.5. The maximum atomic E-state index is 9.28. The van der Waals surface area contributed by atoms with E-state index < -0.39 is 23.6 Å². The number of likely N-dealkylation sites (tertiary alicyclic amines) is 1. The molecule has 2 aliphatic carbocycles. The molecule has 2 bridgehead atoms. The van der Waals surface area contributed by atoms with Gasteiger partial charge in [0.2, 0.25) is 1.43 Å². The second-order valence-electron chi connectivity index (χ2n) is 6.53. The molecule has 0 radical (unpaired) electrons. The quantitative estimate of drug-likeness (QED) is 0.841. The number of rotatable bonds is 2. The second-order valence-corrected chi connectivity index (χ2v) is 6.53. The van der Waals surface area contributed by atoms with Crippen LogP contribution < -0.4 is 9.47 Å². The third kappa shape index (κ3) is 1.28. The number of piperidine rings is 1. The zero-order chi connectivity index (χ0) is 19.4. The van der Waals surface area contributed by atoms with E-state index in [0.29, 0.717) is 29.8 Å². The summed E-state index contributed by atoms with van der Waals surface area (Å²) in [5.41, 5.74) is 0.381. The number of aliphatic hydroxyl groups excluding tert-OH is 1. The van der Waals surface area contributed by atoms with Crippen molar-refractivity contribution in [2.75, 3.05) is 20.7 Å². The van der Waals surface area contributed by atoms with E-state index in [1.165, 1.54) is 7.11 Å². The summed E-state index contributed by atoms with van der Waals surface area (Å²) in [6, 6.07) is -1.12. The minimum Gasteiger partial charge on any atom is -0.493 e. The summed E-state index contributed by atoms with van der Waals surface area (Å²) in [6.07, 6.45) is 1.78. The van der Waals surface area contributed by atoms with Gasteiger partial charge in [-0.1, -0.05) is 18.2 Å². The van der Waals surface area contributed by atoms with Gasteiger partial charge >= 0.3 is 0 Å². The molecule has 1 saturated heterocycles. The average molecular weight is 304 g/mol. The lowest BCUT2D eigenvalue weighted by Gasteiger charge is -2.56. The first-order chi connectivity index (χ1) is 12.8. The summed E-state index contributed by atoms with van der Waals surface area (Å²) in [7, 11) is 3.32. The molecule has 1 aromatic rings. The fourth-order valence-corrected chi connectivity index (χ4v) is 4.71. The number of aliphatic hydroxyl groups is 1. The van der Waals surface area contributed by atoms with Crippen molar-refractivity contribution in [3.05, 3.63) is 35.4 Å². The molecule has 4 nitrogen and oxygen atoms in total. The summed E-state index contributed by atoms with van der Waals surface area (Å²) in [5, 5.41) is 4.87. The zero-order valence-electron chi connectivity index (χ0n) is 17.6. The van der Waals surface area contributed by atoms with Crippen LogP contribution in [-0.4, -0.2) is 50.3 Å². The predicted molar refractivity (Wildman–Crippen MR) is 82.5 cm³/mol. The molecule has 1 aromatic carbocycles. The van der Waals surface area contributed by atoms with Crippen molar-refractivity contribution in [3.63, 3.8) is 0 Å². The van der Waals surface area contributed by atoms with Gasteiger partial charge in [0.1, 0.15) is 12.2 Å². The molecule has 1 N–H and O–H groups in total. The third-order valence-corrected chi connectivity index (χ3v) is 5.68. The van der Waals surface area contributed by atoms with Gasteiger partial charge < -0.3 is 19.5 Å². The number of likely N-dealkylation sites (N-methyl/N-ethyl adjacent to an activating group) is 1. The first-order valence-corrected chi connectivity index (χ1v) is 7.67.